The van der Waals surface area contributed by atoms with Crippen LogP contribution in [0, 0.1) is 25.7 Å². The maximum atomic E-state index is 12.6. The highest BCUT2D eigenvalue weighted by molar-refractivity contribution is 5.78. The zero-order valence-corrected chi connectivity index (χ0v) is 15.8. The summed E-state index contributed by atoms with van der Waals surface area (Å²) in [5.74, 6) is 1.17. The molecule has 2 atom stereocenters. The Labute approximate surface area is 155 Å². The van der Waals surface area contributed by atoms with Gasteiger partial charge in [0.1, 0.15) is 5.75 Å². The topological polar surface area (TPSA) is 62.2 Å². The first-order valence-electron chi connectivity index (χ1n) is 9.45. The van der Waals surface area contributed by atoms with Crippen molar-refractivity contribution in [1.82, 2.24) is 9.80 Å². The van der Waals surface area contributed by atoms with Gasteiger partial charge in [0.2, 0.25) is 0 Å². The fraction of sp³-hybridized carbons (Fsp3) is 0.650. The SMILES string of the molecule is Cc1ccc(OCC(=O)N2CC(CO)C(CN3CCOCC3)C2)cc1C. The van der Waals surface area contributed by atoms with E-state index in [1.165, 1.54) is 5.56 Å². The second-order valence-electron chi connectivity index (χ2n) is 7.45. The van der Waals surface area contributed by atoms with Gasteiger partial charge in [-0.15, -0.1) is 0 Å². The van der Waals surface area contributed by atoms with Gasteiger partial charge in [0.15, 0.2) is 6.61 Å². The van der Waals surface area contributed by atoms with Gasteiger partial charge in [0.25, 0.3) is 5.91 Å². The molecule has 144 valence electrons. The molecule has 0 bridgehead atoms. The van der Waals surface area contributed by atoms with Crippen molar-refractivity contribution in [3.8, 4) is 5.75 Å². The number of carbonyl (C=O) groups is 1. The summed E-state index contributed by atoms with van der Waals surface area (Å²) in [6, 6.07) is 5.87. The van der Waals surface area contributed by atoms with Gasteiger partial charge in [-0.25, -0.2) is 0 Å². The average molecular weight is 362 g/mol. The minimum absolute atomic E-state index is 0.00819. The lowest BCUT2D eigenvalue weighted by molar-refractivity contribution is -0.132. The highest BCUT2D eigenvalue weighted by Crippen LogP contribution is 2.25. The van der Waals surface area contributed by atoms with Crippen LogP contribution in [0.3, 0.4) is 0 Å². The minimum Gasteiger partial charge on any atom is -0.484 e. The zero-order chi connectivity index (χ0) is 18.5. The molecular formula is C20H30N2O4. The van der Waals surface area contributed by atoms with Crippen LogP contribution in [-0.2, 0) is 9.53 Å². The van der Waals surface area contributed by atoms with Crippen LogP contribution < -0.4 is 4.74 Å². The van der Waals surface area contributed by atoms with Crippen molar-refractivity contribution in [1.29, 1.82) is 0 Å². The van der Waals surface area contributed by atoms with E-state index in [4.69, 9.17) is 9.47 Å². The molecule has 0 aromatic heterocycles. The van der Waals surface area contributed by atoms with Crippen LogP contribution in [0.15, 0.2) is 18.2 Å². The fourth-order valence-corrected chi connectivity index (χ4v) is 3.71. The van der Waals surface area contributed by atoms with Crippen LogP contribution in [0.1, 0.15) is 11.1 Å². The third-order valence-corrected chi connectivity index (χ3v) is 5.60. The summed E-state index contributed by atoms with van der Waals surface area (Å²) in [6.07, 6.45) is 0. The Bertz CT molecular complexity index is 616. The van der Waals surface area contributed by atoms with E-state index < -0.39 is 0 Å². The molecule has 6 nitrogen and oxygen atoms in total. The van der Waals surface area contributed by atoms with E-state index in [2.05, 4.69) is 11.8 Å². The van der Waals surface area contributed by atoms with E-state index in [-0.39, 0.29) is 25.0 Å². The smallest absolute Gasteiger partial charge is 0.260 e. The van der Waals surface area contributed by atoms with Crippen molar-refractivity contribution < 1.29 is 19.4 Å². The summed E-state index contributed by atoms with van der Waals surface area (Å²) in [7, 11) is 0. The third kappa shape index (κ3) is 4.75. The van der Waals surface area contributed by atoms with Crippen LogP contribution >= 0.6 is 0 Å². The third-order valence-electron chi connectivity index (χ3n) is 5.60. The number of hydrogen-bond donors (Lipinski definition) is 1. The number of hydrogen-bond acceptors (Lipinski definition) is 5. The number of ether oxygens (including phenoxy) is 2. The van der Waals surface area contributed by atoms with E-state index >= 15 is 0 Å². The standard InChI is InChI=1S/C20H30N2O4/c1-15-3-4-19(9-16(15)2)26-14-20(24)22-11-17(18(12-22)13-23)10-21-5-7-25-8-6-21/h3-4,9,17-18,23H,5-8,10-14H2,1-2H3. The number of benzene rings is 1. The predicted octanol–water partition coefficient (Wildman–Crippen LogP) is 1.08. The molecule has 1 amide bonds. The molecule has 3 rings (SSSR count). The summed E-state index contributed by atoms with van der Waals surface area (Å²) in [6.45, 7) is 9.87. The predicted molar refractivity (Wildman–Crippen MR) is 99.3 cm³/mol. The summed E-state index contributed by atoms with van der Waals surface area (Å²) < 4.78 is 11.1. The minimum atomic E-state index is -0.00819. The van der Waals surface area contributed by atoms with E-state index in [1.807, 2.05) is 30.0 Å². The van der Waals surface area contributed by atoms with Crippen LogP contribution in [0.5, 0.6) is 5.75 Å². The fourth-order valence-electron chi connectivity index (χ4n) is 3.71. The molecule has 1 aromatic rings. The lowest BCUT2D eigenvalue weighted by Crippen LogP contribution is -2.41. The van der Waals surface area contributed by atoms with Crippen molar-refractivity contribution in [2.75, 3.05) is 59.2 Å². The molecule has 26 heavy (non-hydrogen) atoms. The Hall–Kier alpha value is -1.63. The summed E-state index contributed by atoms with van der Waals surface area (Å²) in [5.41, 5.74) is 2.36. The molecule has 2 aliphatic heterocycles. The van der Waals surface area contributed by atoms with E-state index in [0.29, 0.717) is 19.0 Å². The zero-order valence-electron chi connectivity index (χ0n) is 15.8. The average Bonchev–Trinajstić information content (AvgIpc) is 3.06. The number of likely N-dealkylation sites (tertiary alicyclic amines) is 1. The highest BCUT2D eigenvalue weighted by atomic mass is 16.5. The molecule has 1 aromatic carbocycles. The number of aryl methyl sites for hydroxylation is 2. The number of rotatable bonds is 6. The summed E-state index contributed by atoms with van der Waals surface area (Å²) in [4.78, 5) is 16.8. The summed E-state index contributed by atoms with van der Waals surface area (Å²) in [5, 5.41) is 9.72. The van der Waals surface area contributed by atoms with Gasteiger partial charge in [-0.05, 0) is 43.0 Å². The van der Waals surface area contributed by atoms with Crippen molar-refractivity contribution in [2.24, 2.45) is 11.8 Å². The van der Waals surface area contributed by atoms with Crippen molar-refractivity contribution in [3.63, 3.8) is 0 Å². The maximum absolute atomic E-state index is 12.6. The first-order chi connectivity index (χ1) is 12.6. The normalized spacial score (nSPS) is 24.0. The van der Waals surface area contributed by atoms with E-state index in [0.717, 1.165) is 44.2 Å². The largest absolute Gasteiger partial charge is 0.484 e. The molecule has 2 fully saturated rings. The highest BCUT2D eigenvalue weighted by Gasteiger charge is 2.36. The molecule has 0 aliphatic carbocycles. The lowest BCUT2D eigenvalue weighted by atomic mass is 9.96. The quantitative estimate of drug-likeness (QED) is 0.821. The molecule has 2 unspecified atom stereocenters. The van der Waals surface area contributed by atoms with Crippen molar-refractivity contribution >= 4 is 5.91 Å². The molecule has 0 spiro atoms. The number of amides is 1. The number of aliphatic hydroxyl groups is 1. The lowest BCUT2D eigenvalue weighted by Gasteiger charge is -2.30. The van der Waals surface area contributed by atoms with Gasteiger partial charge in [-0.1, -0.05) is 6.07 Å². The molecule has 2 heterocycles. The second kappa shape index (κ2) is 8.84. The van der Waals surface area contributed by atoms with Gasteiger partial charge < -0.3 is 19.5 Å². The Morgan fingerprint density at radius 2 is 1.92 bits per heavy atom. The van der Waals surface area contributed by atoms with Crippen molar-refractivity contribution in [3.05, 3.63) is 29.3 Å². The van der Waals surface area contributed by atoms with Gasteiger partial charge in [0, 0.05) is 45.2 Å². The first-order valence-corrected chi connectivity index (χ1v) is 9.45. The molecule has 0 saturated carbocycles. The maximum Gasteiger partial charge on any atom is 0.260 e. The van der Waals surface area contributed by atoms with Crippen LogP contribution in [0.4, 0.5) is 0 Å². The molecule has 1 N–H and O–H groups in total. The molecule has 0 radical (unpaired) electrons. The van der Waals surface area contributed by atoms with Crippen LogP contribution in [0.25, 0.3) is 0 Å². The van der Waals surface area contributed by atoms with Gasteiger partial charge in [-0.3, -0.25) is 9.69 Å². The monoisotopic (exact) mass is 362 g/mol. The molecule has 2 aliphatic rings. The number of morpholine rings is 1. The second-order valence-corrected chi connectivity index (χ2v) is 7.45. The Kier molecular flexibility index (Phi) is 6.51. The number of nitrogens with zero attached hydrogens (tertiary/aromatic N) is 2. The number of aliphatic hydroxyl groups excluding tert-OH is 1. The van der Waals surface area contributed by atoms with Gasteiger partial charge in [-0.2, -0.15) is 0 Å². The summed E-state index contributed by atoms with van der Waals surface area (Å²) >= 11 is 0. The Morgan fingerprint density at radius 1 is 1.19 bits per heavy atom. The Balaban J connectivity index is 1.51. The van der Waals surface area contributed by atoms with Crippen LogP contribution in [0.2, 0.25) is 0 Å². The van der Waals surface area contributed by atoms with E-state index in [9.17, 15) is 9.90 Å². The van der Waals surface area contributed by atoms with Crippen molar-refractivity contribution in [2.45, 2.75) is 13.8 Å². The van der Waals surface area contributed by atoms with E-state index in [1.54, 1.807) is 0 Å². The molecule has 2 saturated heterocycles. The first kappa shape index (κ1) is 19.1. The Morgan fingerprint density at radius 3 is 2.62 bits per heavy atom. The van der Waals surface area contributed by atoms with Crippen LogP contribution in [-0.4, -0.2) is 80.0 Å². The molecule has 6 heteroatoms. The van der Waals surface area contributed by atoms with Gasteiger partial charge in [0.05, 0.1) is 13.2 Å². The van der Waals surface area contributed by atoms with Gasteiger partial charge >= 0.3 is 0 Å². The molecular weight excluding hydrogens is 332 g/mol. The number of carbonyl (C=O) groups excluding carboxylic acids is 1.